The molecular weight excluding hydrogens is 748 g/mol. The molecule has 0 aliphatic carbocycles. The van der Waals surface area contributed by atoms with Gasteiger partial charge in [0, 0.05) is 39.9 Å². The molecule has 0 saturated carbocycles. The molecule has 0 spiro atoms. The SMILES string of the molecule is CCCc1ccc(N(c2ccccc2)c2cc(C(C)C)c3ccc4c(N(c5ccccc5)c5ccc(CC(F)(F)C(F)(F)F)cc5)cc(C(C)C)c5ccc2c3c54)cc1. The summed E-state index contributed by atoms with van der Waals surface area (Å²) < 4.78 is 67.9. The van der Waals surface area contributed by atoms with Crippen molar-refractivity contribution < 1.29 is 22.0 Å². The zero-order valence-corrected chi connectivity index (χ0v) is 33.9. The number of nitrogens with zero attached hydrogens (tertiary/aromatic N) is 2. The van der Waals surface area contributed by atoms with E-state index < -0.39 is 18.5 Å². The molecule has 0 fully saturated rings. The van der Waals surface area contributed by atoms with Crippen LogP contribution in [0.4, 0.5) is 56.1 Å². The lowest BCUT2D eigenvalue weighted by Gasteiger charge is -2.31. The van der Waals surface area contributed by atoms with Gasteiger partial charge in [-0.2, -0.15) is 22.0 Å². The maximum Gasteiger partial charge on any atom is 0.453 e. The van der Waals surface area contributed by atoms with Crippen molar-refractivity contribution in [1.82, 2.24) is 0 Å². The molecule has 0 saturated heterocycles. The van der Waals surface area contributed by atoms with Crippen molar-refractivity contribution in [2.75, 3.05) is 9.80 Å². The number of alkyl halides is 5. The van der Waals surface area contributed by atoms with Gasteiger partial charge < -0.3 is 9.80 Å². The Morgan fingerprint density at radius 1 is 0.458 bits per heavy atom. The molecule has 0 aromatic heterocycles. The molecule has 7 heteroatoms. The summed E-state index contributed by atoms with van der Waals surface area (Å²) in [6, 6.07) is 48.6. The van der Waals surface area contributed by atoms with E-state index >= 15 is 0 Å². The predicted molar refractivity (Wildman–Crippen MR) is 236 cm³/mol. The van der Waals surface area contributed by atoms with E-state index in [1.165, 1.54) is 28.6 Å². The van der Waals surface area contributed by atoms with Crippen LogP contribution in [0.25, 0.3) is 32.3 Å². The largest absolute Gasteiger partial charge is 0.453 e. The van der Waals surface area contributed by atoms with Crippen molar-refractivity contribution in [3.05, 3.63) is 168 Å². The molecule has 0 amide bonds. The summed E-state index contributed by atoms with van der Waals surface area (Å²) in [7, 11) is 0. The minimum absolute atomic E-state index is 0.0981. The zero-order valence-electron chi connectivity index (χ0n) is 33.9. The van der Waals surface area contributed by atoms with Gasteiger partial charge in [0.25, 0.3) is 0 Å². The quantitative estimate of drug-likeness (QED) is 0.0898. The number of hydrogen-bond acceptors (Lipinski definition) is 2. The van der Waals surface area contributed by atoms with E-state index in [0.717, 1.165) is 73.8 Å². The fourth-order valence-electron chi connectivity index (χ4n) is 8.56. The molecule has 0 heterocycles. The second-order valence-electron chi connectivity index (χ2n) is 16.2. The van der Waals surface area contributed by atoms with Crippen LogP contribution in [0.2, 0.25) is 0 Å². The second-order valence-corrected chi connectivity index (χ2v) is 16.2. The van der Waals surface area contributed by atoms with Crippen molar-refractivity contribution in [2.24, 2.45) is 0 Å². The van der Waals surface area contributed by atoms with Crippen LogP contribution >= 0.6 is 0 Å². The molecule has 8 aromatic rings. The molecule has 8 aromatic carbocycles. The maximum atomic E-state index is 14.2. The Kier molecular flexibility index (Phi) is 10.6. The van der Waals surface area contributed by atoms with Crippen LogP contribution in [0, 0.1) is 0 Å². The van der Waals surface area contributed by atoms with Crippen LogP contribution in [0.3, 0.4) is 0 Å². The zero-order chi connectivity index (χ0) is 41.6. The summed E-state index contributed by atoms with van der Waals surface area (Å²) in [5, 5.41) is 6.72. The van der Waals surface area contributed by atoms with Crippen LogP contribution in [0.1, 0.15) is 75.1 Å². The number of halogens is 5. The van der Waals surface area contributed by atoms with E-state index in [1.54, 1.807) is 12.1 Å². The van der Waals surface area contributed by atoms with Gasteiger partial charge in [-0.05, 0) is 123 Å². The summed E-state index contributed by atoms with van der Waals surface area (Å²) in [5.74, 6) is -4.50. The average Bonchev–Trinajstić information content (AvgIpc) is 3.22. The number of rotatable bonds is 12. The van der Waals surface area contributed by atoms with Crippen LogP contribution in [0.15, 0.2) is 146 Å². The monoisotopic (exact) mass is 794 g/mol. The van der Waals surface area contributed by atoms with Gasteiger partial charge in [-0.3, -0.25) is 0 Å². The van der Waals surface area contributed by atoms with Gasteiger partial charge in [0.2, 0.25) is 0 Å². The molecular formula is C52H47F5N2. The molecule has 0 aliphatic rings. The number of hydrogen-bond donors (Lipinski definition) is 0. The fourth-order valence-corrected chi connectivity index (χ4v) is 8.56. The summed E-state index contributed by atoms with van der Waals surface area (Å²) in [4.78, 5) is 4.44. The summed E-state index contributed by atoms with van der Waals surface area (Å²) >= 11 is 0. The predicted octanol–water partition coefficient (Wildman–Crippen LogP) is 16.5. The van der Waals surface area contributed by atoms with Gasteiger partial charge in [0.05, 0.1) is 11.4 Å². The van der Waals surface area contributed by atoms with E-state index in [4.69, 9.17) is 0 Å². The Labute approximate surface area is 342 Å². The molecule has 0 unspecified atom stereocenters. The normalized spacial score (nSPS) is 12.4. The third kappa shape index (κ3) is 7.37. The fraction of sp³-hybridized carbons (Fsp3) is 0.231. The molecule has 0 N–H and O–H groups in total. The van der Waals surface area contributed by atoms with Crippen LogP contribution in [-0.4, -0.2) is 12.1 Å². The van der Waals surface area contributed by atoms with Gasteiger partial charge >= 0.3 is 12.1 Å². The average molecular weight is 795 g/mol. The highest BCUT2D eigenvalue weighted by Crippen LogP contribution is 2.51. The molecule has 2 nitrogen and oxygen atoms in total. The molecule has 300 valence electrons. The van der Waals surface area contributed by atoms with Gasteiger partial charge in [0.15, 0.2) is 0 Å². The van der Waals surface area contributed by atoms with E-state index in [2.05, 4.69) is 129 Å². The third-order valence-corrected chi connectivity index (χ3v) is 11.4. The maximum absolute atomic E-state index is 14.2. The van der Waals surface area contributed by atoms with Crippen LogP contribution < -0.4 is 9.80 Å². The van der Waals surface area contributed by atoms with Crippen LogP contribution in [-0.2, 0) is 12.8 Å². The highest BCUT2D eigenvalue weighted by Gasteiger charge is 2.57. The molecule has 0 radical (unpaired) electrons. The Morgan fingerprint density at radius 3 is 1.20 bits per heavy atom. The first-order valence-electron chi connectivity index (χ1n) is 20.4. The molecule has 0 atom stereocenters. The van der Waals surface area contributed by atoms with Gasteiger partial charge in [-0.15, -0.1) is 0 Å². The number of aryl methyl sites for hydroxylation is 1. The van der Waals surface area contributed by atoms with Crippen molar-refractivity contribution >= 4 is 66.4 Å². The van der Waals surface area contributed by atoms with Crippen molar-refractivity contribution in [3.8, 4) is 0 Å². The Hall–Kier alpha value is -5.95. The lowest BCUT2D eigenvalue weighted by molar-refractivity contribution is -0.281. The van der Waals surface area contributed by atoms with Crippen molar-refractivity contribution in [3.63, 3.8) is 0 Å². The molecule has 59 heavy (non-hydrogen) atoms. The van der Waals surface area contributed by atoms with E-state index in [9.17, 15) is 22.0 Å². The number of anilines is 6. The van der Waals surface area contributed by atoms with Gasteiger partial charge in [-0.25, -0.2) is 0 Å². The van der Waals surface area contributed by atoms with E-state index in [-0.39, 0.29) is 17.4 Å². The minimum atomic E-state index is -5.64. The van der Waals surface area contributed by atoms with E-state index in [0.29, 0.717) is 5.69 Å². The molecule has 0 bridgehead atoms. The number of para-hydroxylation sites is 2. The smallest absolute Gasteiger partial charge is 0.310 e. The lowest BCUT2D eigenvalue weighted by atomic mass is 9.84. The highest BCUT2D eigenvalue weighted by molar-refractivity contribution is 6.29. The highest BCUT2D eigenvalue weighted by atomic mass is 19.4. The standard InChI is InChI=1S/C52H47F5N2/c1-6-13-35-18-22-39(23-19-35)58(37-14-9-7-10-15-37)47-30-45(33(2)3)41-27-29-44-48(31-46(34(4)5)42-26-28-43(47)49(41)50(42)44)59(38-16-11-8-12-17-38)40-24-20-36(21-25-40)32-51(53,54)52(55,56)57/h7-12,14-31,33-34H,6,13,32H2,1-5H3. The summed E-state index contributed by atoms with van der Waals surface area (Å²) in [5.41, 5.74) is 9.13. The topological polar surface area (TPSA) is 6.48 Å². The first-order chi connectivity index (χ1) is 28.3. The first kappa shape index (κ1) is 39.9. The Balaban J connectivity index is 1.41. The first-order valence-corrected chi connectivity index (χ1v) is 20.4. The molecule has 8 rings (SSSR count). The lowest BCUT2D eigenvalue weighted by Crippen LogP contribution is -2.38. The Morgan fingerprint density at radius 2 is 0.831 bits per heavy atom. The Bertz CT molecular complexity index is 2700. The van der Waals surface area contributed by atoms with E-state index in [1.807, 2.05) is 36.4 Å². The van der Waals surface area contributed by atoms with Crippen molar-refractivity contribution in [1.29, 1.82) is 0 Å². The molecule has 0 aliphatic heterocycles. The number of benzene rings is 8. The second kappa shape index (κ2) is 15.7. The summed E-state index contributed by atoms with van der Waals surface area (Å²) in [6.07, 6.45) is -4.98. The van der Waals surface area contributed by atoms with Crippen LogP contribution in [0.5, 0.6) is 0 Å². The summed E-state index contributed by atoms with van der Waals surface area (Å²) in [6.45, 7) is 11.0. The third-order valence-electron chi connectivity index (χ3n) is 11.4. The van der Waals surface area contributed by atoms with Gasteiger partial charge in [0.1, 0.15) is 0 Å². The van der Waals surface area contributed by atoms with Crippen molar-refractivity contribution in [2.45, 2.75) is 77.8 Å². The minimum Gasteiger partial charge on any atom is -0.310 e. The van der Waals surface area contributed by atoms with Gasteiger partial charge in [-0.1, -0.05) is 126 Å².